The molecule has 1 aromatic heterocycles. The summed E-state index contributed by atoms with van der Waals surface area (Å²) in [5, 5.41) is 0. The van der Waals surface area contributed by atoms with Crippen molar-refractivity contribution in [1.29, 1.82) is 0 Å². The molecule has 0 unspecified atom stereocenters. The van der Waals surface area contributed by atoms with Crippen molar-refractivity contribution in [3.63, 3.8) is 0 Å². The molecule has 0 aliphatic carbocycles. The number of aromatic nitrogens is 1. The first-order chi connectivity index (χ1) is 8.20. The van der Waals surface area contributed by atoms with Crippen molar-refractivity contribution in [3.05, 3.63) is 54.0 Å². The van der Waals surface area contributed by atoms with Gasteiger partial charge in [0.25, 0.3) is 0 Å². The molecular weight excluding hydrogens is 217 g/mol. The van der Waals surface area contributed by atoms with Crippen molar-refractivity contribution < 1.29 is 4.39 Å². The van der Waals surface area contributed by atoms with Gasteiger partial charge in [-0.1, -0.05) is 6.07 Å². The van der Waals surface area contributed by atoms with Gasteiger partial charge in [-0.15, -0.1) is 0 Å². The fourth-order valence-electron chi connectivity index (χ4n) is 1.56. The molecule has 0 fully saturated rings. The number of nitrogens with two attached hydrogens (primary N) is 1. The van der Waals surface area contributed by atoms with E-state index in [2.05, 4.69) is 4.98 Å². The molecule has 1 heterocycles. The first-order valence-electron chi connectivity index (χ1n) is 5.36. The van der Waals surface area contributed by atoms with E-state index in [1.165, 1.54) is 12.1 Å². The van der Waals surface area contributed by atoms with Crippen molar-refractivity contribution in [2.24, 2.45) is 5.73 Å². The monoisotopic (exact) mass is 231 g/mol. The lowest BCUT2D eigenvalue weighted by Crippen LogP contribution is -2.12. The van der Waals surface area contributed by atoms with Crippen LogP contribution >= 0.6 is 0 Å². The van der Waals surface area contributed by atoms with Gasteiger partial charge in [0.15, 0.2) is 0 Å². The zero-order valence-corrected chi connectivity index (χ0v) is 9.60. The van der Waals surface area contributed by atoms with Crippen molar-refractivity contribution >= 4 is 11.5 Å². The Morgan fingerprint density at radius 3 is 2.53 bits per heavy atom. The van der Waals surface area contributed by atoms with E-state index in [1.807, 2.05) is 30.1 Å². The van der Waals surface area contributed by atoms with Crippen LogP contribution in [0.4, 0.5) is 15.9 Å². The molecule has 0 saturated heterocycles. The minimum atomic E-state index is -0.245. The molecule has 1 aromatic carbocycles. The van der Waals surface area contributed by atoms with Crippen LogP contribution in [0.25, 0.3) is 0 Å². The topological polar surface area (TPSA) is 42.1 Å². The molecule has 0 aliphatic heterocycles. The Labute approximate surface area is 99.7 Å². The van der Waals surface area contributed by atoms with E-state index < -0.39 is 0 Å². The van der Waals surface area contributed by atoms with Gasteiger partial charge in [0, 0.05) is 19.3 Å². The minimum absolute atomic E-state index is 0.245. The van der Waals surface area contributed by atoms with E-state index in [4.69, 9.17) is 5.73 Å². The molecule has 0 bridgehead atoms. The van der Waals surface area contributed by atoms with Gasteiger partial charge < -0.3 is 10.6 Å². The van der Waals surface area contributed by atoms with Gasteiger partial charge in [-0.25, -0.2) is 9.37 Å². The number of hydrogen-bond acceptors (Lipinski definition) is 3. The molecule has 3 nitrogen and oxygen atoms in total. The van der Waals surface area contributed by atoms with E-state index in [0.29, 0.717) is 6.54 Å². The first-order valence-corrected chi connectivity index (χ1v) is 5.36. The van der Waals surface area contributed by atoms with Crippen LogP contribution in [0.1, 0.15) is 5.69 Å². The van der Waals surface area contributed by atoms with E-state index in [-0.39, 0.29) is 5.82 Å². The van der Waals surface area contributed by atoms with Crippen LogP contribution in [0.3, 0.4) is 0 Å². The molecule has 2 aromatic rings. The lowest BCUT2D eigenvalue weighted by molar-refractivity contribution is 0.628. The molecule has 0 aliphatic rings. The highest BCUT2D eigenvalue weighted by Gasteiger charge is 2.05. The maximum Gasteiger partial charge on any atom is 0.133 e. The van der Waals surface area contributed by atoms with Crippen LogP contribution in [0.5, 0.6) is 0 Å². The van der Waals surface area contributed by atoms with Crippen LogP contribution < -0.4 is 10.6 Å². The Bertz CT molecular complexity index is 496. The number of hydrogen-bond donors (Lipinski definition) is 1. The highest BCUT2D eigenvalue weighted by Crippen LogP contribution is 2.21. The lowest BCUT2D eigenvalue weighted by Gasteiger charge is -2.18. The van der Waals surface area contributed by atoms with Gasteiger partial charge in [0.1, 0.15) is 11.6 Å². The van der Waals surface area contributed by atoms with Crippen LogP contribution in [0.2, 0.25) is 0 Å². The predicted octanol–water partition coefficient (Wildman–Crippen LogP) is 2.45. The zero-order valence-electron chi connectivity index (χ0n) is 9.60. The molecule has 0 spiro atoms. The first kappa shape index (κ1) is 11.5. The quantitative estimate of drug-likeness (QED) is 0.882. The molecule has 2 rings (SSSR count). The summed E-state index contributed by atoms with van der Waals surface area (Å²) in [6.45, 7) is 0.408. The molecule has 17 heavy (non-hydrogen) atoms. The van der Waals surface area contributed by atoms with E-state index in [9.17, 15) is 4.39 Å². The number of pyridine rings is 1. The number of anilines is 2. The fraction of sp³-hybridized carbons (Fsp3) is 0.154. The van der Waals surface area contributed by atoms with Gasteiger partial charge >= 0.3 is 0 Å². The number of benzene rings is 1. The Morgan fingerprint density at radius 2 is 1.88 bits per heavy atom. The van der Waals surface area contributed by atoms with E-state index >= 15 is 0 Å². The van der Waals surface area contributed by atoms with Gasteiger partial charge in [-0.2, -0.15) is 0 Å². The summed E-state index contributed by atoms with van der Waals surface area (Å²) in [7, 11) is 1.88. The summed E-state index contributed by atoms with van der Waals surface area (Å²) in [4.78, 5) is 6.28. The molecule has 0 saturated carbocycles. The smallest absolute Gasteiger partial charge is 0.133 e. The summed E-state index contributed by atoms with van der Waals surface area (Å²) < 4.78 is 12.8. The molecule has 0 radical (unpaired) electrons. The van der Waals surface area contributed by atoms with E-state index in [0.717, 1.165) is 17.2 Å². The van der Waals surface area contributed by atoms with Crippen LogP contribution in [0.15, 0.2) is 42.5 Å². The summed E-state index contributed by atoms with van der Waals surface area (Å²) in [6, 6.07) is 12.0. The lowest BCUT2D eigenvalue weighted by atomic mass is 10.2. The normalized spacial score (nSPS) is 10.3. The molecule has 2 N–H and O–H groups in total. The fourth-order valence-corrected chi connectivity index (χ4v) is 1.56. The summed E-state index contributed by atoms with van der Waals surface area (Å²) in [6.07, 6.45) is 0. The molecule has 0 atom stereocenters. The molecule has 4 heteroatoms. The van der Waals surface area contributed by atoms with Crippen LogP contribution in [-0.2, 0) is 6.54 Å². The summed E-state index contributed by atoms with van der Waals surface area (Å²) in [5.74, 6) is 0.547. The molecular formula is C13H14FN3. The third kappa shape index (κ3) is 2.60. The zero-order chi connectivity index (χ0) is 12.3. The Hall–Kier alpha value is -1.94. The van der Waals surface area contributed by atoms with Crippen molar-refractivity contribution in [3.8, 4) is 0 Å². The van der Waals surface area contributed by atoms with Gasteiger partial charge in [-0.3, -0.25) is 0 Å². The third-order valence-corrected chi connectivity index (χ3v) is 2.56. The summed E-state index contributed by atoms with van der Waals surface area (Å²) in [5.41, 5.74) is 7.26. The van der Waals surface area contributed by atoms with E-state index in [1.54, 1.807) is 12.1 Å². The van der Waals surface area contributed by atoms with Crippen LogP contribution in [0, 0.1) is 5.82 Å². The Balaban J connectivity index is 2.29. The Kier molecular flexibility index (Phi) is 3.35. The standard InChI is InChI=1S/C13H14FN3/c1-17(12-7-5-10(14)6-8-12)13-4-2-3-11(9-15)16-13/h2-8H,9,15H2,1H3. The van der Waals surface area contributed by atoms with Crippen molar-refractivity contribution in [1.82, 2.24) is 4.98 Å². The van der Waals surface area contributed by atoms with Crippen molar-refractivity contribution in [2.45, 2.75) is 6.54 Å². The highest BCUT2D eigenvalue weighted by molar-refractivity contribution is 5.58. The average molecular weight is 231 g/mol. The van der Waals surface area contributed by atoms with Crippen molar-refractivity contribution in [2.75, 3.05) is 11.9 Å². The molecule has 0 amide bonds. The third-order valence-electron chi connectivity index (χ3n) is 2.56. The maximum absolute atomic E-state index is 12.8. The second kappa shape index (κ2) is 4.93. The second-order valence-corrected chi connectivity index (χ2v) is 3.73. The van der Waals surface area contributed by atoms with Crippen LogP contribution in [-0.4, -0.2) is 12.0 Å². The number of rotatable bonds is 3. The maximum atomic E-state index is 12.8. The Morgan fingerprint density at radius 1 is 1.18 bits per heavy atom. The van der Waals surface area contributed by atoms with Gasteiger partial charge in [-0.05, 0) is 36.4 Å². The second-order valence-electron chi connectivity index (χ2n) is 3.73. The number of halogens is 1. The minimum Gasteiger partial charge on any atom is -0.329 e. The largest absolute Gasteiger partial charge is 0.329 e. The average Bonchev–Trinajstić information content (AvgIpc) is 2.39. The predicted molar refractivity (Wildman–Crippen MR) is 66.6 cm³/mol. The molecule has 88 valence electrons. The number of nitrogens with zero attached hydrogens (tertiary/aromatic N) is 2. The summed E-state index contributed by atoms with van der Waals surface area (Å²) >= 11 is 0. The highest BCUT2D eigenvalue weighted by atomic mass is 19.1. The SMILES string of the molecule is CN(c1ccc(F)cc1)c1cccc(CN)n1. The van der Waals surface area contributed by atoms with Gasteiger partial charge in [0.2, 0.25) is 0 Å². The van der Waals surface area contributed by atoms with Gasteiger partial charge in [0.05, 0.1) is 5.69 Å².